The highest BCUT2D eigenvalue weighted by molar-refractivity contribution is 5.94. The molecule has 0 bridgehead atoms. The number of carbonyl (C=O) groups is 1. The van der Waals surface area contributed by atoms with Gasteiger partial charge in [-0.3, -0.25) is 9.78 Å². The maximum absolute atomic E-state index is 11.8. The van der Waals surface area contributed by atoms with Crippen LogP contribution in [-0.2, 0) is 0 Å². The Hall–Kier alpha value is -1.38. The summed E-state index contributed by atoms with van der Waals surface area (Å²) in [6.45, 7) is 7.37. The van der Waals surface area contributed by atoms with E-state index >= 15 is 0 Å². The van der Waals surface area contributed by atoms with Gasteiger partial charge in [-0.05, 0) is 32.4 Å². The lowest BCUT2D eigenvalue weighted by molar-refractivity contribution is 0.0772. The molecule has 0 saturated carbocycles. The molecular weight excluding hydrogens is 176 g/mol. The maximum Gasteiger partial charge on any atom is 0.255 e. The molecule has 0 aliphatic heterocycles. The quantitative estimate of drug-likeness (QED) is 0.732. The highest BCUT2D eigenvalue weighted by Gasteiger charge is 2.11. The summed E-state index contributed by atoms with van der Waals surface area (Å²) < 4.78 is 0. The van der Waals surface area contributed by atoms with E-state index in [0.717, 1.165) is 18.7 Å². The van der Waals surface area contributed by atoms with Gasteiger partial charge in [0.2, 0.25) is 0 Å². The third-order valence-corrected chi connectivity index (χ3v) is 2.17. The molecule has 0 fully saturated rings. The van der Waals surface area contributed by atoms with Gasteiger partial charge in [0.1, 0.15) is 0 Å². The van der Waals surface area contributed by atoms with Gasteiger partial charge in [0, 0.05) is 25.5 Å². The minimum Gasteiger partial charge on any atom is -0.339 e. The molecule has 14 heavy (non-hydrogen) atoms. The molecule has 0 unspecified atom stereocenters. The zero-order valence-electron chi connectivity index (χ0n) is 8.95. The highest BCUT2D eigenvalue weighted by atomic mass is 16.2. The molecule has 0 aliphatic rings. The number of rotatable bonds is 3. The molecular formula is C11H16N2O. The summed E-state index contributed by atoms with van der Waals surface area (Å²) in [5.41, 5.74) is 1.69. The van der Waals surface area contributed by atoms with Crippen LogP contribution in [0.1, 0.15) is 29.8 Å². The van der Waals surface area contributed by atoms with Crippen molar-refractivity contribution in [3.05, 3.63) is 29.6 Å². The van der Waals surface area contributed by atoms with Crippen LogP contribution in [-0.4, -0.2) is 28.9 Å². The Morgan fingerprint density at radius 3 is 2.50 bits per heavy atom. The summed E-state index contributed by atoms with van der Waals surface area (Å²) in [6, 6.07) is 1.87. The van der Waals surface area contributed by atoms with Crippen LogP contribution < -0.4 is 0 Å². The van der Waals surface area contributed by atoms with Gasteiger partial charge < -0.3 is 4.90 Å². The Labute approximate surface area is 84.8 Å². The molecule has 0 N–H and O–H groups in total. The molecule has 1 heterocycles. The number of hydrogen-bond donors (Lipinski definition) is 0. The Kier molecular flexibility index (Phi) is 3.63. The van der Waals surface area contributed by atoms with Gasteiger partial charge in [-0.25, -0.2) is 0 Å². The van der Waals surface area contributed by atoms with Crippen LogP contribution in [0, 0.1) is 6.92 Å². The van der Waals surface area contributed by atoms with Crippen molar-refractivity contribution in [3.8, 4) is 0 Å². The largest absolute Gasteiger partial charge is 0.339 e. The zero-order valence-corrected chi connectivity index (χ0v) is 8.95. The molecule has 3 nitrogen and oxygen atoms in total. The Bertz CT molecular complexity index is 319. The van der Waals surface area contributed by atoms with Gasteiger partial charge in [0.15, 0.2) is 0 Å². The molecule has 0 aliphatic carbocycles. The van der Waals surface area contributed by atoms with Crippen LogP contribution in [0.5, 0.6) is 0 Å². The van der Waals surface area contributed by atoms with Crippen LogP contribution in [0.3, 0.4) is 0 Å². The molecule has 1 rings (SSSR count). The number of carbonyl (C=O) groups excluding carboxylic acids is 1. The fourth-order valence-corrected chi connectivity index (χ4v) is 1.37. The Balaban J connectivity index is 2.88. The summed E-state index contributed by atoms with van der Waals surface area (Å²) in [5, 5.41) is 0. The lowest BCUT2D eigenvalue weighted by Gasteiger charge is -2.18. The van der Waals surface area contributed by atoms with Crippen LogP contribution in [0.4, 0.5) is 0 Å². The molecule has 1 aromatic rings. The van der Waals surface area contributed by atoms with Crippen molar-refractivity contribution in [2.45, 2.75) is 20.8 Å². The SMILES string of the molecule is CCN(CC)C(=O)c1cncc(C)c1. The average molecular weight is 192 g/mol. The highest BCUT2D eigenvalue weighted by Crippen LogP contribution is 2.05. The second kappa shape index (κ2) is 4.74. The molecule has 0 atom stereocenters. The van der Waals surface area contributed by atoms with Crippen LogP contribution in [0.25, 0.3) is 0 Å². The van der Waals surface area contributed by atoms with Gasteiger partial charge in [-0.2, -0.15) is 0 Å². The summed E-state index contributed by atoms with van der Waals surface area (Å²) in [7, 11) is 0. The van der Waals surface area contributed by atoms with Gasteiger partial charge in [0.05, 0.1) is 5.56 Å². The van der Waals surface area contributed by atoms with Gasteiger partial charge in [0.25, 0.3) is 5.91 Å². The van der Waals surface area contributed by atoms with E-state index in [9.17, 15) is 4.79 Å². The van der Waals surface area contributed by atoms with E-state index in [4.69, 9.17) is 0 Å². The number of pyridine rings is 1. The first-order valence-electron chi connectivity index (χ1n) is 4.90. The number of nitrogens with zero attached hydrogens (tertiary/aromatic N) is 2. The minimum atomic E-state index is 0.0613. The van der Waals surface area contributed by atoms with Crippen LogP contribution in [0.15, 0.2) is 18.5 Å². The Morgan fingerprint density at radius 2 is 2.00 bits per heavy atom. The van der Waals surface area contributed by atoms with Gasteiger partial charge in [-0.15, -0.1) is 0 Å². The predicted octanol–water partition coefficient (Wildman–Crippen LogP) is 1.87. The molecule has 1 amide bonds. The van der Waals surface area contributed by atoms with E-state index in [2.05, 4.69) is 4.98 Å². The van der Waals surface area contributed by atoms with Gasteiger partial charge >= 0.3 is 0 Å². The van der Waals surface area contributed by atoms with E-state index < -0.39 is 0 Å². The molecule has 0 spiro atoms. The maximum atomic E-state index is 11.8. The number of aromatic nitrogens is 1. The number of amides is 1. The molecule has 3 heteroatoms. The summed E-state index contributed by atoms with van der Waals surface area (Å²) in [4.78, 5) is 17.6. The lowest BCUT2D eigenvalue weighted by Crippen LogP contribution is -2.30. The third-order valence-electron chi connectivity index (χ3n) is 2.17. The van der Waals surface area contributed by atoms with Crippen molar-refractivity contribution in [2.24, 2.45) is 0 Å². The normalized spacial score (nSPS) is 9.93. The van der Waals surface area contributed by atoms with E-state index in [1.165, 1.54) is 0 Å². The van der Waals surface area contributed by atoms with E-state index in [-0.39, 0.29) is 5.91 Å². The minimum absolute atomic E-state index is 0.0613. The van der Waals surface area contributed by atoms with Crippen molar-refractivity contribution < 1.29 is 4.79 Å². The van der Waals surface area contributed by atoms with Gasteiger partial charge in [-0.1, -0.05) is 0 Å². The fraction of sp³-hybridized carbons (Fsp3) is 0.455. The first kappa shape index (κ1) is 10.7. The first-order chi connectivity index (χ1) is 6.69. The van der Waals surface area contributed by atoms with Crippen LogP contribution >= 0.6 is 0 Å². The predicted molar refractivity (Wildman–Crippen MR) is 56.2 cm³/mol. The molecule has 1 aromatic heterocycles. The van der Waals surface area contributed by atoms with Crippen molar-refractivity contribution in [2.75, 3.05) is 13.1 Å². The van der Waals surface area contributed by atoms with Crippen molar-refractivity contribution in [1.29, 1.82) is 0 Å². The molecule has 0 aromatic carbocycles. The second-order valence-electron chi connectivity index (χ2n) is 3.23. The van der Waals surface area contributed by atoms with Crippen molar-refractivity contribution in [3.63, 3.8) is 0 Å². The monoisotopic (exact) mass is 192 g/mol. The number of aryl methyl sites for hydroxylation is 1. The van der Waals surface area contributed by atoms with E-state index in [1.54, 1.807) is 17.3 Å². The molecule has 76 valence electrons. The summed E-state index contributed by atoms with van der Waals surface area (Å²) in [5.74, 6) is 0.0613. The number of hydrogen-bond acceptors (Lipinski definition) is 2. The molecule has 0 radical (unpaired) electrons. The fourth-order valence-electron chi connectivity index (χ4n) is 1.37. The van der Waals surface area contributed by atoms with Crippen molar-refractivity contribution >= 4 is 5.91 Å². The summed E-state index contributed by atoms with van der Waals surface area (Å²) in [6.07, 6.45) is 3.37. The zero-order chi connectivity index (χ0) is 10.6. The first-order valence-corrected chi connectivity index (χ1v) is 4.90. The third kappa shape index (κ3) is 2.31. The topological polar surface area (TPSA) is 33.2 Å². The van der Waals surface area contributed by atoms with E-state index in [1.807, 2.05) is 26.8 Å². The smallest absolute Gasteiger partial charge is 0.255 e. The van der Waals surface area contributed by atoms with Crippen LogP contribution in [0.2, 0.25) is 0 Å². The molecule has 0 saturated heterocycles. The Morgan fingerprint density at radius 1 is 1.36 bits per heavy atom. The lowest BCUT2D eigenvalue weighted by atomic mass is 10.2. The summed E-state index contributed by atoms with van der Waals surface area (Å²) >= 11 is 0. The van der Waals surface area contributed by atoms with Crippen molar-refractivity contribution in [1.82, 2.24) is 9.88 Å². The standard InChI is InChI=1S/C11H16N2O/c1-4-13(5-2)11(14)10-6-9(3)7-12-8-10/h6-8H,4-5H2,1-3H3. The average Bonchev–Trinajstić information content (AvgIpc) is 2.19. The van der Waals surface area contributed by atoms with E-state index in [0.29, 0.717) is 5.56 Å². The second-order valence-corrected chi connectivity index (χ2v) is 3.23.